The summed E-state index contributed by atoms with van der Waals surface area (Å²) >= 11 is 0. The van der Waals surface area contributed by atoms with E-state index in [1.807, 2.05) is 62.1 Å². The van der Waals surface area contributed by atoms with Crippen molar-refractivity contribution in [2.24, 2.45) is 7.05 Å². The van der Waals surface area contributed by atoms with Crippen LogP contribution >= 0.6 is 0 Å². The summed E-state index contributed by atoms with van der Waals surface area (Å²) < 4.78 is 34.6. The highest BCUT2D eigenvalue weighted by Crippen LogP contribution is 2.32. The lowest BCUT2D eigenvalue weighted by molar-refractivity contribution is -0.154. The van der Waals surface area contributed by atoms with Gasteiger partial charge in [-0.2, -0.15) is 19.7 Å². The number of aromatic nitrogens is 6. The number of pyridine rings is 2. The van der Waals surface area contributed by atoms with Gasteiger partial charge in [-0.15, -0.1) is 0 Å². The highest BCUT2D eigenvalue weighted by Gasteiger charge is 2.35. The van der Waals surface area contributed by atoms with Crippen LogP contribution in [0.15, 0.2) is 54.9 Å². The molecule has 1 aliphatic rings. The number of hydroxylamine groups is 2. The Morgan fingerprint density at radius 3 is 2.61 bits per heavy atom. The van der Waals surface area contributed by atoms with Crippen LogP contribution in [0.4, 0.5) is 14.6 Å². The number of carbonyl (C=O) groups excluding carboxylic acids is 1. The number of nitrogens with zero attached hydrogens (tertiary/aromatic N) is 7. The molecule has 0 aliphatic carbocycles. The minimum absolute atomic E-state index is 0.123. The van der Waals surface area contributed by atoms with Crippen LogP contribution in [-0.2, 0) is 28.0 Å². The molecule has 0 bridgehead atoms. The number of benzene rings is 1. The van der Waals surface area contributed by atoms with Gasteiger partial charge in [0, 0.05) is 68.8 Å². The molecule has 6 rings (SSSR count). The van der Waals surface area contributed by atoms with Crippen LogP contribution in [0.2, 0.25) is 0 Å². The second-order valence-electron chi connectivity index (χ2n) is 10.5. The molecule has 242 valence electrons. The highest BCUT2D eigenvalue weighted by atomic mass is 19.2. The number of aliphatic hydroxyl groups is 1. The van der Waals surface area contributed by atoms with Gasteiger partial charge >= 0.3 is 0 Å². The molecule has 5 heterocycles. The number of fused-ring (bicyclic) bond motifs is 1. The number of hydrogen-bond acceptors (Lipinski definition) is 10. The maximum atomic E-state index is 13.2. The summed E-state index contributed by atoms with van der Waals surface area (Å²) in [7, 11) is 5.27. The number of anilines is 1. The molecule has 4 aromatic heterocycles. The van der Waals surface area contributed by atoms with Gasteiger partial charge in [0.25, 0.3) is 0 Å². The summed E-state index contributed by atoms with van der Waals surface area (Å²) in [5.41, 5.74) is 5.48. The first-order chi connectivity index (χ1) is 22.3. The molecule has 0 spiro atoms. The van der Waals surface area contributed by atoms with Gasteiger partial charge < -0.3 is 20.5 Å². The Hall–Kier alpha value is -4.83. The predicted octanol–water partition coefficient (Wildman–Crippen LogP) is 3.07. The number of ether oxygens (including phenoxy) is 1. The summed E-state index contributed by atoms with van der Waals surface area (Å²) in [6.45, 7) is 3.29. The molecule has 2 atom stereocenters. The van der Waals surface area contributed by atoms with Gasteiger partial charge in [-0.05, 0) is 31.2 Å². The Labute approximate surface area is 263 Å². The Morgan fingerprint density at radius 2 is 1.93 bits per heavy atom. The molecular formula is C31H35F2N9O4. The van der Waals surface area contributed by atoms with Crippen LogP contribution in [0.25, 0.3) is 28.0 Å². The zero-order chi connectivity index (χ0) is 32.8. The van der Waals surface area contributed by atoms with Gasteiger partial charge in [0.15, 0.2) is 11.5 Å². The van der Waals surface area contributed by atoms with E-state index >= 15 is 0 Å². The third-order valence-corrected chi connectivity index (χ3v) is 7.54. The van der Waals surface area contributed by atoms with Crippen LogP contribution in [0.1, 0.15) is 22.9 Å². The number of amides is 1. The zero-order valence-electron chi connectivity index (χ0n) is 25.8. The molecule has 46 heavy (non-hydrogen) atoms. The van der Waals surface area contributed by atoms with Gasteiger partial charge in [0.2, 0.25) is 12.4 Å². The van der Waals surface area contributed by atoms with Crippen molar-refractivity contribution in [3.05, 3.63) is 83.4 Å². The molecular weight excluding hydrogens is 600 g/mol. The largest absolute Gasteiger partial charge is 0.390 e. The molecule has 1 amide bonds. The van der Waals surface area contributed by atoms with Crippen LogP contribution < -0.4 is 10.6 Å². The number of carbonyl (C=O) groups is 1. The summed E-state index contributed by atoms with van der Waals surface area (Å²) in [5, 5.41) is 27.0. The van der Waals surface area contributed by atoms with Gasteiger partial charge in [0.1, 0.15) is 11.9 Å². The lowest BCUT2D eigenvalue weighted by atomic mass is 10.1. The van der Waals surface area contributed by atoms with Gasteiger partial charge in [0.05, 0.1) is 36.3 Å². The van der Waals surface area contributed by atoms with Crippen molar-refractivity contribution >= 4 is 23.3 Å². The fraction of sp³-hybridized carbons (Fsp3) is 0.323. The summed E-state index contributed by atoms with van der Waals surface area (Å²) in [6, 6.07) is 12.6. The molecule has 5 aromatic rings. The summed E-state index contributed by atoms with van der Waals surface area (Å²) in [6.07, 6.45) is 2.94. The van der Waals surface area contributed by atoms with Crippen molar-refractivity contribution in [1.29, 1.82) is 0 Å². The minimum Gasteiger partial charge on any atom is -0.390 e. The average Bonchev–Trinajstić information content (AvgIpc) is 3.74. The SMILES string of the molecule is CNc1c(C)c(-c2cnc3c(c2)c(CO)nn3C)nn1-c1ccccc1.COCCN1C[C@@H](NC=O)[C@H](c2cnc(F)c(F)c2)O1. The molecule has 0 saturated carbocycles. The molecule has 3 N–H and O–H groups in total. The number of halogens is 2. The number of hydrogen-bond donors (Lipinski definition) is 3. The van der Waals surface area contributed by atoms with E-state index in [9.17, 15) is 18.7 Å². The quantitative estimate of drug-likeness (QED) is 0.155. The smallest absolute Gasteiger partial charge is 0.248 e. The molecule has 0 radical (unpaired) electrons. The molecule has 1 fully saturated rings. The minimum atomic E-state index is -1.16. The van der Waals surface area contributed by atoms with Crippen LogP contribution in [0.5, 0.6) is 0 Å². The number of nitrogens with one attached hydrogen (secondary N) is 2. The molecule has 13 nitrogen and oxygen atoms in total. The molecule has 0 unspecified atom stereocenters. The van der Waals surface area contributed by atoms with Crippen molar-refractivity contribution in [3.8, 4) is 16.9 Å². The molecule has 1 aliphatic heterocycles. The van der Waals surface area contributed by atoms with Gasteiger partial charge in [-0.25, -0.2) is 19.0 Å². The average molecular weight is 636 g/mol. The Kier molecular flexibility index (Phi) is 10.3. The lowest BCUT2D eigenvalue weighted by Gasteiger charge is -2.17. The van der Waals surface area contributed by atoms with E-state index < -0.39 is 17.9 Å². The van der Waals surface area contributed by atoms with E-state index in [-0.39, 0.29) is 12.6 Å². The third kappa shape index (κ3) is 6.72. The van der Waals surface area contributed by atoms with Gasteiger partial charge in [-0.3, -0.25) is 14.3 Å². The standard InChI is InChI=1S/C19H20N6O.C12H15F2N3O3/c1-12-17(23-25(18(12)20-2)14-7-5-4-6-8-14)13-9-15-16(11-26)22-24(3)19(15)21-10-13;1-19-3-2-17-6-10(16-7-18)11(20-17)8-4-9(13)12(14)15-5-8/h4-10,20,26H,11H2,1-3H3;4-5,7,10-11H,2-3,6H2,1H3,(H,16,18)/t;10-,11+/m.1/s1. The van der Waals surface area contributed by atoms with E-state index in [1.54, 1.807) is 23.1 Å². The maximum Gasteiger partial charge on any atom is 0.248 e. The summed E-state index contributed by atoms with van der Waals surface area (Å²) in [5.74, 6) is -1.28. The number of aliphatic hydroxyl groups excluding tert-OH is 1. The zero-order valence-corrected chi connectivity index (χ0v) is 25.8. The van der Waals surface area contributed by atoms with E-state index in [1.165, 1.54) is 6.20 Å². The Balaban J connectivity index is 0.000000188. The Morgan fingerprint density at radius 1 is 1.15 bits per heavy atom. The van der Waals surface area contributed by atoms with Crippen LogP contribution in [0.3, 0.4) is 0 Å². The Bertz CT molecular complexity index is 1800. The van der Waals surface area contributed by atoms with Crippen molar-refractivity contribution in [2.75, 3.05) is 39.2 Å². The van der Waals surface area contributed by atoms with Crippen LogP contribution in [0, 0.1) is 18.7 Å². The number of para-hydroxylation sites is 1. The lowest BCUT2D eigenvalue weighted by Crippen LogP contribution is -2.35. The molecule has 15 heteroatoms. The van der Waals surface area contributed by atoms with Crippen LogP contribution in [-0.4, -0.2) is 86.0 Å². The van der Waals surface area contributed by atoms with Crippen molar-refractivity contribution in [2.45, 2.75) is 25.7 Å². The number of aryl methyl sites for hydroxylation is 1. The molecule has 1 aromatic carbocycles. The van der Waals surface area contributed by atoms with Crippen molar-refractivity contribution in [3.63, 3.8) is 0 Å². The van der Waals surface area contributed by atoms with E-state index in [0.29, 0.717) is 37.4 Å². The van der Waals surface area contributed by atoms with E-state index in [4.69, 9.17) is 14.7 Å². The first kappa shape index (κ1) is 32.6. The van der Waals surface area contributed by atoms with E-state index in [2.05, 4.69) is 25.7 Å². The first-order valence-corrected chi connectivity index (χ1v) is 14.5. The van der Waals surface area contributed by atoms with Gasteiger partial charge in [-0.1, -0.05) is 18.2 Å². The third-order valence-electron chi connectivity index (χ3n) is 7.54. The fourth-order valence-corrected chi connectivity index (χ4v) is 5.32. The normalized spacial score (nSPS) is 16.3. The summed E-state index contributed by atoms with van der Waals surface area (Å²) in [4.78, 5) is 24.1. The predicted molar refractivity (Wildman–Crippen MR) is 166 cm³/mol. The van der Waals surface area contributed by atoms with E-state index in [0.717, 1.165) is 45.4 Å². The topological polar surface area (TPSA) is 144 Å². The number of rotatable bonds is 10. The second kappa shape index (κ2) is 14.5. The number of methoxy groups -OCH3 is 1. The molecule has 1 saturated heterocycles. The maximum absolute atomic E-state index is 13.2. The highest BCUT2D eigenvalue weighted by molar-refractivity contribution is 5.84. The first-order valence-electron chi connectivity index (χ1n) is 14.5. The van der Waals surface area contributed by atoms with Crippen molar-refractivity contribution < 1.29 is 28.3 Å². The second-order valence-corrected chi connectivity index (χ2v) is 10.5. The monoisotopic (exact) mass is 635 g/mol. The van der Waals surface area contributed by atoms with Crippen molar-refractivity contribution in [1.82, 2.24) is 39.9 Å². The fourth-order valence-electron chi connectivity index (χ4n) is 5.32.